The van der Waals surface area contributed by atoms with E-state index in [4.69, 9.17) is 4.98 Å². The largest absolute Gasteiger partial charge is 0.369 e. The van der Waals surface area contributed by atoms with E-state index in [-0.39, 0.29) is 0 Å². The van der Waals surface area contributed by atoms with Gasteiger partial charge in [-0.1, -0.05) is 0 Å². The third kappa shape index (κ3) is 2.68. The fourth-order valence-corrected chi connectivity index (χ4v) is 2.79. The second kappa shape index (κ2) is 5.36. The van der Waals surface area contributed by atoms with Gasteiger partial charge in [-0.2, -0.15) is 0 Å². The summed E-state index contributed by atoms with van der Waals surface area (Å²) < 4.78 is 1.14. The summed E-state index contributed by atoms with van der Waals surface area (Å²) in [5, 5.41) is 3.31. The SMILES string of the molecule is CCNc1nc(-c2ccncn2)nc(C2CC2)c1I. The summed E-state index contributed by atoms with van der Waals surface area (Å²) >= 11 is 2.34. The van der Waals surface area contributed by atoms with Crippen LogP contribution >= 0.6 is 22.6 Å². The Balaban J connectivity index is 2.09. The number of hydrogen-bond acceptors (Lipinski definition) is 5. The van der Waals surface area contributed by atoms with Gasteiger partial charge in [-0.15, -0.1) is 0 Å². The van der Waals surface area contributed by atoms with Crippen LogP contribution in [-0.2, 0) is 0 Å². The van der Waals surface area contributed by atoms with Crippen LogP contribution in [0.5, 0.6) is 0 Å². The number of hydrogen-bond donors (Lipinski definition) is 1. The van der Waals surface area contributed by atoms with E-state index < -0.39 is 0 Å². The third-order valence-electron chi connectivity index (χ3n) is 3.00. The Labute approximate surface area is 125 Å². The van der Waals surface area contributed by atoms with Crippen LogP contribution < -0.4 is 5.32 Å². The third-order valence-corrected chi connectivity index (χ3v) is 4.06. The van der Waals surface area contributed by atoms with Gasteiger partial charge in [0.2, 0.25) is 0 Å². The molecule has 2 heterocycles. The van der Waals surface area contributed by atoms with Gasteiger partial charge in [0.15, 0.2) is 5.82 Å². The molecule has 0 aromatic carbocycles. The predicted octanol–water partition coefficient (Wildman–Crippen LogP) is 2.85. The molecule has 19 heavy (non-hydrogen) atoms. The van der Waals surface area contributed by atoms with Gasteiger partial charge in [0.1, 0.15) is 17.8 Å². The molecule has 0 atom stereocenters. The molecule has 0 radical (unpaired) electrons. The highest BCUT2D eigenvalue weighted by molar-refractivity contribution is 14.1. The average molecular weight is 367 g/mol. The van der Waals surface area contributed by atoms with Crippen molar-refractivity contribution in [1.82, 2.24) is 19.9 Å². The Morgan fingerprint density at radius 2 is 2.21 bits per heavy atom. The maximum absolute atomic E-state index is 4.70. The Morgan fingerprint density at radius 3 is 2.84 bits per heavy atom. The van der Waals surface area contributed by atoms with E-state index in [0.29, 0.717) is 11.7 Å². The van der Waals surface area contributed by atoms with E-state index in [1.807, 2.05) is 6.07 Å². The van der Waals surface area contributed by atoms with Gasteiger partial charge < -0.3 is 5.32 Å². The zero-order valence-electron chi connectivity index (χ0n) is 10.6. The Bertz CT molecular complexity index is 583. The van der Waals surface area contributed by atoms with Crippen LogP contribution in [0.4, 0.5) is 5.82 Å². The molecular formula is C13H14IN5. The molecule has 0 unspecified atom stereocenters. The van der Waals surface area contributed by atoms with Crippen molar-refractivity contribution >= 4 is 28.4 Å². The van der Waals surface area contributed by atoms with Gasteiger partial charge in [0.05, 0.1) is 9.26 Å². The lowest BCUT2D eigenvalue weighted by Crippen LogP contribution is -2.08. The fraction of sp³-hybridized carbons (Fsp3) is 0.385. The van der Waals surface area contributed by atoms with E-state index in [2.05, 4.69) is 49.8 Å². The fourth-order valence-electron chi connectivity index (χ4n) is 1.91. The summed E-state index contributed by atoms with van der Waals surface area (Å²) in [5.41, 5.74) is 1.92. The maximum Gasteiger partial charge on any atom is 0.180 e. The Morgan fingerprint density at radius 1 is 1.37 bits per heavy atom. The zero-order chi connectivity index (χ0) is 13.2. The first-order chi connectivity index (χ1) is 9.29. The monoisotopic (exact) mass is 367 g/mol. The number of rotatable bonds is 4. The molecule has 0 bridgehead atoms. The molecule has 3 rings (SSSR count). The van der Waals surface area contributed by atoms with Gasteiger partial charge in [-0.25, -0.2) is 19.9 Å². The summed E-state index contributed by atoms with van der Waals surface area (Å²) in [4.78, 5) is 17.4. The predicted molar refractivity (Wildman–Crippen MR) is 81.9 cm³/mol. The van der Waals surface area contributed by atoms with Crippen molar-refractivity contribution in [3.8, 4) is 11.5 Å². The molecule has 98 valence electrons. The van der Waals surface area contributed by atoms with E-state index in [1.54, 1.807) is 6.20 Å². The van der Waals surface area contributed by atoms with Crippen LogP contribution in [-0.4, -0.2) is 26.5 Å². The van der Waals surface area contributed by atoms with Crippen LogP contribution in [0.15, 0.2) is 18.6 Å². The van der Waals surface area contributed by atoms with Crippen molar-refractivity contribution in [1.29, 1.82) is 0 Å². The molecular weight excluding hydrogens is 353 g/mol. The minimum Gasteiger partial charge on any atom is -0.369 e. The molecule has 2 aromatic rings. The molecule has 1 saturated carbocycles. The number of nitrogens with zero attached hydrogens (tertiary/aromatic N) is 4. The van der Waals surface area contributed by atoms with Crippen molar-refractivity contribution in [3.63, 3.8) is 0 Å². The highest BCUT2D eigenvalue weighted by Gasteiger charge is 2.29. The molecule has 6 heteroatoms. The summed E-state index contributed by atoms with van der Waals surface area (Å²) in [7, 11) is 0. The van der Waals surface area contributed by atoms with Gasteiger partial charge >= 0.3 is 0 Å². The van der Waals surface area contributed by atoms with Gasteiger partial charge in [0.25, 0.3) is 0 Å². The van der Waals surface area contributed by atoms with Gasteiger partial charge in [-0.3, -0.25) is 0 Å². The van der Waals surface area contributed by atoms with Crippen LogP contribution in [0.25, 0.3) is 11.5 Å². The number of nitrogens with one attached hydrogen (secondary N) is 1. The lowest BCUT2D eigenvalue weighted by molar-refractivity contribution is 0.964. The van der Waals surface area contributed by atoms with Gasteiger partial charge in [0, 0.05) is 18.7 Å². The Kier molecular flexibility index (Phi) is 3.58. The molecule has 1 fully saturated rings. The molecule has 1 N–H and O–H groups in total. The zero-order valence-corrected chi connectivity index (χ0v) is 12.8. The Hall–Kier alpha value is -1.31. The van der Waals surface area contributed by atoms with E-state index in [9.17, 15) is 0 Å². The maximum atomic E-state index is 4.70. The average Bonchev–Trinajstić information content (AvgIpc) is 3.27. The molecule has 2 aromatic heterocycles. The smallest absolute Gasteiger partial charge is 0.180 e. The quantitative estimate of drug-likeness (QED) is 0.842. The number of halogens is 1. The lowest BCUT2D eigenvalue weighted by Gasteiger charge is -2.11. The van der Waals surface area contributed by atoms with E-state index in [0.717, 1.165) is 27.3 Å². The van der Waals surface area contributed by atoms with Crippen LogP contribution in [0.3, 0.4) is 0 Å². The highest BCUT2D eigenvalue weighted by atomic mass is 127. The first-order valence-electron chi connectivity index (χ1n) is 6.37. The van der Waals surface area contributed by atoms with Crippen LogP contribution in [0.2, 0.25) is 0 Å². The molecule has 0 aliphatic heterocycles. The lowest BCUT2D eigenvalue weighted by atomic mass is 10.2. The minimum atomic E-state index is 0.591. The topological polar surface area (TPSA) is 63.6 Å². The summed E-state index contributed by atoms with van der Waals surface area (Å²) in [6, 6.07) is 1.84. The second-order valence-electron chi connectivity index (χ2n) is 4.49. The molecule has 0 spiro atoms. The molecule has 1 aliphatic rings. The normalized spacial score (nSPS) is 14.4. The van der Waals surface area contributed by atoms with Gasteiger partial charge in [-0.05, 0) is 48.4 Å². The first kappa shape index (κ1) is 12.7. The van der Waals surface area contributed by atoms with Crippen molar-refractivity contribution in [2.24, 2.45) is 0 Å². The first-order valence-corrected chi connectivity index (χ1v) is 7.45. The molecule has 1 aliphatic carbocycles. The van der Waals surface area contributed by atoms with Crippen molar-refractivity contribution in [3.05, 3.63) is 27.9 Å². The summed E-state index contributed by atoms with van der Waals surface area (Å²) in [6.45, 7) is 2.92. The van der Waals surface area contributed by atoms with Crippen molar-refractivity contribution < 1.29 is 0 Å². The van der Waals surface area contributed by atoms with Crippen molar-refractivity contribution in [2.75, 3.05) is 11.9 Å². The van der Waals surface area contributed by atoms with E-state index in [1.165, 1.54) is 19.2 Å². The van der Waals surface area contributed by atoms with Crippen LogP contribution in [0, 0.1) is 3.57 Å². The summed E-state index contributed by atoms with van der Waals surface area (Å²) in [5.74, 6) is 2.18. The van der Waals surface area contributed by atoms with E-state index >= 15 is 0 Å². The number of anilines is 1. The highest BCUT2D eigenvalue weighted by Crippen LogP contribution is 2.42. The van der Waals surface area contributed by atoms with Crippen LogP contribution in [0.1, 0.15) is 31.4 Å². The minimum absolute atomic E-state index is 0.591. The second-order valence-corrected chi connectivity index (χ2v) is 5.57. The molecule has 0 amide bonds. The van der Waals surface area contributed by atoms with Crippen molar-refractivity contribution in [2.45, 2.75) is 25.7 Å². The molecule has 5 nitrogen and oxygen atoms in total. The number of aromatic nitrogens is 4. The summed E-state index contributed by atoms with van der Waals surface area (Å²) in [6.07, 6.45) is 5.69. The standard InChI is InChI=1S/C13H14IN5/c1-2-16-13-10(14)11(8-3-4-8)18-12(19-13)9-5-6-15-7-17-9/h5-8H,2-4H2,1H3,(H,16,18,19). The molecule has 0 saturated heterocycles.